The minimum atomic E-state index is -0.394. The van der Waals surface area contributed by atoms with Gasteiger partial charge in [0, 0.05) is 18.0 Å². The van der Waals surface area contributed by atoms with Gasteiger partial charge in [-0.3, -0.25) is 9.63 Å². The Labute approximate surface area is 176 Å². The molecular weight excluding hydrogens is 378 g/mol. The van der Waals surface area contributed by atoms with Crippen LogP contribution < -0.4 is 10.2 Å². The van der Waals surface area contributed by atoms with Crippen molar-refractivity contribution < 1.29 is 14.0 Å². The van der Waals surface area contributed by atoms with E-state index in [0.29, 0.717) is 35.4 Å². The second kappa shape index (κ2) is 6.69. The molecule has 2 atom stereocenters. The summed E-state index contributed by atoms with van der Waals surface area (Å²) in [6.45, 7) is 11.2. The molecule has 30 heavy (non-hydrogen) atoms. The molecule has 5 rings (SSSR count). The first-order valence-electron chi connectivity index (χ1n) is 10.5. The SMILES string of the molecule is Cc1ccc(CN2OC(C)(C)[C@H]3COc4ccc5c(=O)c(C)c(C)oc5c4[C@H]32)cc1. The van der Waals surface area contributed by atoms with E-state index in [1.54, 1.807) is 0 Å². The summed E-state index contributed by atoms with van der Waals surface area (Å²) in [4.78, 5) is 19.4. The van der Waals surface area contributed by atoms with Gasteiger partial charge >= 0.3 is 0 Å². The summed E-state index contributed by atoms with van der Waals surface area (Å²) in [6, 6.07) is 12.2. The Bertz CT molecular complexity index is 1190. The van der Waals surface area contributed by atoms with Gasteiger partial charge in [0.2, 0.25) is 0 Å². The smallest absolute Gasteiger partial charge is 0.195 e. The first kappa shape index (κ1) is 19.3. The minimum absolute atomic E-state index is 0.0157. The molecule has 3 aromatic rings. The van der Waals surface area contributed by atoms with E-state index in [2.05, 4.69) is 45.0 Å². The number of nitrogens with zero attached hydrogens (tertiary/aromatic N) is 1. The molecule has 1 aromatic heterocycles. The topological polar surface area (TPSA) is 51.9 Å². The van der Waals surface area contributed by atoms with Gasteiger partial charge in [-0.05, 0) is 52.3 Å². The number of benzene rings is 2. The highest BCUT2D eigenvalue weighted by Crippen LogP contribution is 2.52. The number of ether oxygens (including phenoxy) is 1. The van der Waals surface area contributed by atoms with Crippen molar-refractivity contribution >= 4 is 11.0 Å². The summed E-state index contributed by atoms with van der Waals surface area (Å²) < 4.78 is 12.3. The molecule has 0 saturated carbocycles. The van der Waals surface area contributed by atoms with Crippen LogP contribution in [0.1, 0.15) is 47.9 Å². The molecule has 0 N–H and O–H groups in total. The zero-order valence-electron chi connectivity index (χ0n) is 18.1. The van der Waals surface area contributed by atoms with Crippen molar-refractivity contribution in [2.45, 2.75) is 52.8 Å². The molecule has 5 heteroatoms. The Kier molecular flexibility index (Phi) is 4.31. The van der Waals surface area contributed by atoms with E-state index in [0.717, 1.165) is 11.3 Å². The van der Waals surface area contributed by atoms with E-state index in [4.69, 9.17) is 14.0 Å². The molecule has 2 aliphatic rings. The summed E-state index contributed by atoms with van der Waals surface area (Å²) in [5, 5.41) is 2.65. The van der Waals surface area contributed by atoms with Crippen molar-refractivity contribution in [2.75, 3.05) is 6.61 Å². The molecule has 156 valence electrons. The van der Waals surface area contributed by atoms with E-state index in [1.807, 2.05) is 31.0 Å². The minimum Gasteiger partial charge on any atom is -0.493 e. The van der Waals surface area contributed by atoms with E-state index in [9.17, 15) is 4.79 Å². The predicted molar refractivity (Wildman–Crippen MR) is 116 cm³/mol. The Morgan fingerprint density at radius 3 is 2.53 bits per heavy atom. The van der Waals surface area contributed by atoms with Crippen LogP contribution in [0.4, 0.5) is 0 Å². The zero-order valence-corrected chi connectivity index (χ0v) is 18.1. The molecule has 1 fully saturated rings. The van der Waals surface area contributed by atoms with Gasteiger partial charge in [0.25, 0.3) is 0 Å². The quantitative estimate of drug-likeness (QED) is 0.601. The number of hydrogen-bond donors (Lipinski definition) is 0. The first-order chi connectivity index (χ1) is 14.3. The molecule has 0 bridgehead atoms. The highest BCUT2D eigenvalue weighted by atomic mass is 16.7. The van der Waals surface area contributed by atoms with Crippen LogP contribution >= 0.6 is 0 Å². The third-order valence-electron chi connectivity index (χ3n) is 6.63. The number of aryl methyl sites for hydroxylation is 2. The van der Waals surface area contributed by atoms with Gasteiger partial charge in [0.05, 0.1) is 29.2 Å². The highest BCUT2D eigenvalue weighted by Gasteiger charge is 2.53. The van der Waals surface area contributed by atoms with Gasteiger partial charge in [-0.2, -0.15) is 5.06 Å². The van der Waals surface area contributed by atoms with Crippen LogP contribution in [0.3, 0.4) is 0 Å². The Morgan fingerprint density at radius 2 is 1.80 bits per heavy atom. The van der Waals surface area contributed by atoms with Gasteiger partial charge in [-0.15, -0.1) is 0 Å². The molecule has 0 amide bonds. The fourth-order valence-corrected chi connectivity index (χ4v) is 4.70. The van der Waals surface area contributed by atoms with Crippen molar-refractivity contribution in [3.8, 4) is 5.75 Å². The molecule has 0 aliphatic carbocycles. The molecule has 0 unspecified atom stereocenters. The maximum atomic E-state index is 12.9. The standard InChI is InChI=1S/C25H27NO4/c1-14-6-8-17(9-7-14)12-26-22-19(25(4,5)30-26)13-28-20-11-10-18-23(27)15(2)16(3)29-24(18)21(20)22/h6-11,19,22H,12-13H2,1-5H3/t19-,22-/m0/s1. The third kappa shape index (κ3) is 2.88. The predicted octanol–water partition coefficient (Wildman–Crippen LogP) is 4.99. The molecule has 5 nitrogen and oxygen atoms in total. The van der Waals surface area contributed by atoms with Crippen LogP contribution in [-0.4, -0.2) is 17.3 Å². The van der Waals surface area contributed by atoms with Gasteiger partial charge in [-0.25, -0.2) is 0 Å². The maximum Gasteiger partial charge on any atom is 0.195 e. The van der Waals surface area contributed by atoms with Crippen LogP contribution in [0.5, 0.6) is 5.75 Å². The van der Waals surface area contributed by atoms with E-state index < -0.39 is 5.60 Å². The molecule has 0 radical (unpaired) electrons. The summed E-state index contributed by atoms with van der Waals surface area (Å²) in [6.07, 6.45) is 0. The van der Waals surface area contributed by atoms with Gasteiger partial charge in [0.15, 0.2) is 5.43 Å². The molecule has 2 aliphatic heterocycles. The highest BCUT2D eigenvalue weighted by molar-refractivity contribution is 5.83. The fraction of sp³-hybridized carbons (Fsp3) is 0.400. The second-order valence-corrected chi connectivity index (χ2v) is 9.08. The average Bonchev–Trinajstić information content (AvgIpc) is 2.97. The van der Waals surface area contributed by atoms with Crippen LogP contribution in [0.25, 0.3) is 11.0 Å². The van der Waals surface area contributed by atoms with Gasteiger partial charge in [0.1, 0.15) is 17.1 Å². The second-order valence-electron chi connectivity index (χ2n) is 9.08. The Hall–Kier alpha value is -2.63. The average molecular weight is 405 g/mol. The number of hydrogen-bond acceptors (Lipinski definition) is 5. The molecular formula is C25H27NO4. The Balaban J connectivity index is 1.68. The van der Waals surface area contributed by atoms with E-state index in [-0.39, 0.29) is 17.4 Å². The summed E-state index contributed by atoms with van der Waals surface area (Å²) in [7, 11) is 0. The fourth-order valence-electron chi connectivity index (χ4n) is 4.70. The number of fused-ring (bicyclic) bond motifs is 5. The van der Waals surface area contributed by atoms with Crippen LogP contribution in [-0.2, 0) is 11.4 Å². The lowest BCUT2D eigenvalue weighted by Gasteiger charge is -2.33. The zero-order chi connectivity index (χ0) is 21.2. The van der Waals surface area contributed by atoms with Gasteiger partial charge < -0.3 is 9.15 Å². The molecule has 1 saturated heterocycles. The van der Waals surface area contributed by atoms with Crippen molar-refractivity contribution in [1.29, 1.82) is 0 Å². The van der Waals surface area contributed by atoms with Crippen molar-refractivity contribution in [3.63, 3.8) is 0 Å². The van der Waals surface area contributed by atoms with Crippen molar-refractivity contribution in [1.82, 2.24) is 5.06 Å². The maximum absolute atomic E-state index is 12.9. The van der Waals surface area contributed by atoms with E-state index in [1.165, 1.54) is 11.1 Å². The number of rotatable bonds is 2. The van der Waals surface area contributed by atoms with Gasteiger partial charge in [-0.1, -0.05) is 29.8 Å². The molecule has 2 aromatic carbocycles. The summed E-state index contributed by atoms with van der Waals surface area (Å²) >= 11 is 0. The summed E-state index contributed by atoms with van der Waals surface area (Å²) in [5.74, 6) is 1.53. The van der Waals surface area contributed by atoms with Crippen LogP contribution in [0.15, 0.2) is 45.6 Å². The first-order valence-corrected chi connectivity index (χ1v) is 10.5. The molecule has 3 heterocycles. The van der Waals surface area contributed by atoms with E-state index >= 15 is 0 Å². The lowest BCUT2D eigenvalue weighted by atomic mass is 9.80. The lowest BCUT2D eigenvalue weighted by Crippen LogP contribution is -2.37. The lowest BCUT2D eigenvalue weighted by molar-refractivity contribution is -0.201. The Morgan fingerprint density at radius 1 is 1.07 bits per heavy atom. The largest absolute Gasteiger partial charge is 0.493 e. The number of hydroxylamine groups is 2. The normalized spacial score (nSPS) is 22.6. The van der Waals surface area contributed by atoms with Crippen molar-refractivity contribution in [2.24, 2.45) is 5.92 Å². The van der Waals surface area contributed by atoms with Crippen LogP contribution in [0.2, 0.25) is 0 Å². The van der Waals surface area contributed by atoms with Crippen LogP contribution in [0, 0.1) is 26.7 Å². The summed E-state index contributed by atoms with van der Waals surface area (Å²) in [5.41, 5.74) is 4.22. The monoisotopic (exact) mass is 405 g/mol. The third-order valence-corrected chi connectivity index (χ3v) is 6.63. The van der Waals surface area contributed by atoms with Crippen molar-refractivity contribution in [3.05, 3.63) is 74.6 Å². The molecule has 0 spiro atoms.